The standard InChI is InChI=1S/C25H20ClNO2/c1-28-21-13-11-20(12-14-21)27-16-23-22-8-4-2-6-18(22)10-15-25(23)29-17-19-7-3-5-9-24(19)26/h2-16H,17H2,1H3. The predicted molar refractivity (Wildman–Crippen MR) is 120 cm³/mol. The number of halogens is 1. The van der Waals surface area contributed by atoms with E-state index in [9.17, 15) is 0 Å². The minimum atomic E-state index is 0.390. The molecule has 144 valence electrons. The van der Waals surface area contributed by atoms with E-state index in [4.69, 9.17) is 21.1 Å². The summed E-state index contributed by atoms with van der Waals surface area (Å²) in [5.41, 5.74) is 2.72. The summed E-state index contributed by atoms with van der Waals surface area (Å²) in [6, 6.07) is 27.6. The number of hydrogen-bond acceptors (Lipinski definition) is 3. The van der Waals surface area contributed by atoms with Gasteiger partial charge in [0.25, 0.3) is 0 Å². The Balaban J connectivity index is 1.68. The van der Waals surface area contributed by atoms with Gasteiger partial charge in [-0.2, -0.15) is 0 Å². The van der Waals surface area contributed by atoms with Crippen molar-refractivity contribution in [3.05, 3.63) is 101 Å². The van der Waals surface area contributed by atoms with E-state index in [1.165, 1.54) is 0 Å². The first-order valence-electron chi connectivity index (χ1n) is 9.30. The first-order valence-corrected chi connectivity index (χ1v) is 9.68. The topological polar surface area (TPSA) is 30.8 Å². The van der Waals surface area contributed by atoms with Gasteiger partial charge in [0.1, 0.15) is 18.1 Å². The van der Waals surface area contributed by atoms with E-state index >= 15 is 0 Å². The van der Waals surface area contributed by atoms with Crippen LogP contribution in [-0.2, 0) is 6.61 Å². The van der Waals surface area contributed by atoms with Crippen LogP contribution in [0, 0.1) is 0 Å². The number of nitrogens with zero attached hydrogens (tertiary/aromatic N) is 1. The maximum absolute atomic E-state index is 6.27. The fraction of sp³-hybridized carbons (Fsp3) is 0.0800. The van der Waals surface area contributed by atoms with Gasteiger partial charge in [-0.15, -0.1) is 0 Å². The van der Waals surface area contributed by atoms with E-state index in [0.29, 0.717) is 11.6 Å². The van der Waals surface area contributed by atoms with E-state index in [2.05, 4.69) is 23.2 Å². The largest absolute Gasteiger partial charge is 0.497 e. The molecule has 29 heavy (non-hydrogen) atoms. The molecule has 0 saturated heterocycles. The molecule has 0 amide bonds. The minimum absolute atomic E-state index is 0.390. The van der Waals surface area contributed by atoms with Crippen molar-refractivity contribution < 1.29 is 9.47 Å². The Morgan fingerprint density at radius 1 is 0.862 bits per heavy atom. The monoisotopic (exact) mass is 401 g/mol. The van der Waals surface area contributed by atoms with Crippen molar-refractivity contribution in [1.29, 1.82) is 0 Å². The third-order valence-corrected chi connectivity index (χ3v) is 5.06. The summed E-state index contributed by atoms with van der Waals surface area (Å²) in [6.07, 6.45) is 1.85. The van der Waals surface area contributed by atoms with Crippen LogP contribution in [0.25, 0.3) is 10.8 Å². The van der Waals surface area contributed by atoms with Crippen LogP contribution >= 0.6 is 11.6 Å². The van der Waals surface area contributed by atoms with Gasteiger partial charge >= 0.3 is 0 Å². The molecule has 0 radical (unpaired) electrons. The van der Waals surface area contributed by atoms with Crippen molar-refractivity contribution in [2.75, 3.05) is 7.11 Å². The summed E-state index contributed by atoms with van der Waals surface area (Å²) < 4.78 is 11.4. The van der Waals surface area contributed by atoms with E-state index in [-0.39, 0.29) is 0 Å². The van der Waals surface area contributed by atoms with Crippen LogP contribution in [0.2, 0.25) is 5.02 Å². The second kappa shape index (κ2) is 8.80. The number of aliphatic imine (C=N–C) groups is 1. The van der Waals surface area contributed by atoms with Crippen LogP contribution in [-0.4, -0.2) is 13.3 Å². The summed E-state index contributed by atoms with van der Waals surface area (Å²) in [4.78, 5) is 4.65. The third-order valence-electron chi connectivity index (χ3n) is 4.69. The van der Waals surface area contributed by atoms with Gasteiger partial charge in [0.05, 0.1) is 12.8 Å². The first kappa shape index (κ1) is 19.0. The Hall–Kier alpha value is -3.30. The van der Waals surface area contributed by atoms with Crippen molar-refractivity contribution in [3.8, 4) is 11.5 Å². The molecule has 0 aliphatic carbocycles. The van der Waals surface area contributed by atoms with E-state index in [1.807, 2.05) is 72.9 Å². The maximum atomic E-state index is 6.27. The Morgan fingerprint density at radius 2 is 1.62 bits per heavy atom. The molecule has 0 aromatic heterocycles. The molecule has 4 rings (SSSR count). The van der Waals surface area contributed by atoms with Crippen LogP contribution in [0.5, 0.6) is 11.5 Å². The van der Waals surface area contributed by atoms with Gasteiger partial charge in [0.15, 0.2) is 0 Å². The normalized spacial score (nSPS) is 11.1. The molecule has 0 aliphatic heterocycles. The molecule has 4 aromatic rings. The lowest BCUT2D eigenvalue weighted by atomic mass is 10.0. The van der Waals surface area contributed by atoms with Gasteiger partial charge in [-0.1, -0.05) is 60.1 Å². The van der Waals surface area contributed by atoms with Crippen molar-refractivity contribution in [2.24, 2.45) is 4.99 Å². The summed E-state index contributed by atoms with van der Waals surface area (Å²) in [6.45, 7) is 0.390. The van der Waals surface area contributed by atoms with Crippen LogP contribution in [0.1, 0.15) is 11.1 Å². The molecule has 0 heterocycles. The Morgan fingerprint density at radius 3 is 2.41 bits per heavy atom. The number of fused-ring (bicyclic) bond motifs is 1. The fourth-order valence-corrected chi connectivity index (χ4v) is 3.30. The summed E-state index contributed by atoms with van der Waals surface area (Å²) in [5.74, 6) is 1.57. The Labute approximate surface area is 175 Å². The number of rotatable bonds is 6. The predicted octanol–water partition coefficient (Wildman–Crippen LogP) is 6.83. The highest BCUT2D eigenvalue weighted by atomic mass is 35.5. The number of methoxy groups -OCH3 is 1. The lowest BCUT2D eigenvalue weighted by Gasteiger charge is -2.12. The maximum Gasteiger partial charge on any atom is 0.129 e. The van der Waals surface area contributed by atoms with E-state index in [1.54, 1.807) is 7.11 Å². The highest BCUT2D eigenvalue weighted by Crippen LogP contribution is 2.29. The van der Waals surface area contributed by atoms with E-state index < -0.39 is 0 Å². The molecule has 0 fully saturated rings. The minimum Gasteiger partial charge on any atom is -0.497 e. The van der Waals surface area contributed by atoms with Gasteiger partial charge in [0, 0.05) is 22.4 Å². The van der Waals surface area contributed by atoms with Gasteiger partial charge in [-0.25, -0.2) is 0 Å². The van der Waals surface area contributed by atoms with Crippen molar-refractivity contribution in [1.82, 2.24) is 0 Å². The summed E-state index contributed by atoms with van der Waals surface area (Å²) in [7, 11) is 1.65. The van der Waals surface area contributed by atoms with Crippen LogP contribution < -0.4 is 9.47 Å². The zero-order valence-corrected chi connectivity index (χ0v) is 16.8. The molecular weight excluding hydrogens is 382 g/mol. The van der Waals surface area contributed by atoms with Crippen LogP contribution in [0.4, 0.5) is 5.69 Å². The second-order valence-electron chi connectivity index (χ2n) is 6.53. The van der Waals surface area contributed by atoms with Gasteiger partial charge in [-0.05, 0) is 47.2 Å². The number of ether oxygens (including phenoxy) is 2. The highest BCUT2D eigenvalue weighted by Gasteiger charge is 2.09. The average molecular weight is 402 g/mol. The molecule has 0 atom stereocenters. The second-order valence-corrected chi connectivity index (χ2v) is 6.94. The number of benzene rings is 4. The number of hydrogen-bond donors (Lipinski definition) is 0. The zero-order valence-electron chi connectivity index (χ0n) is 16.0. The molecule has 4 aromatic carbocycles. The van der Waals surface area contributed by atoms with E-state index in [0.717, 1.165) is 39.1 Å². The molecule has 3 nitrogen and oxygen atoms in total. The lowest BCUT2D eigenvalue weighted by molar-refractivity contribution is 0.306. The Bertz CT molecular complexity index is 1150. The fourth-order valence-electron chi connectivity index (χ4n) is 3.11. The van der Waals surface area contributed by atoms with Crippen molar-refractivity contribution in [2.45, 2.75) is 6.61 Å². The molecule has 4 heteroatoms. The molecule has 0 spiro atoms. The first-order chi connectivity index (χ1) is 14.2. The lowest BCUT2D eigenvalue weighted by Crippen LogP contribution is -1.99. The molecule has 0 bridgehead atoms. The van der Waals surface area contributed by atoms with Crippen molar-refractivity contribution in [3.63, 3.8) is 0 Å². The third kappa shape index (κ3) is 4.41. The molecule has 0 N–H and O–H groups in total. The SMILES string of the molecule is COc1ccc(N=Cc2c(OCc3ccccc3Cl)ccc3ccccc23)cc1. The van der Waals surface area contributed by atoms with Crippen LogP contribution in [0.3, 0.4) is 0 Å². The highest BCUT2D eigenvalue weighted by molar-refractivity contribution is 6.31. The van der Waals surface area contributed by atoms with Gasteiger partial charge in [-0.3, -0.25) is 4.99 Å². The Kier molecular flexibility index (Phi) is 5.78. The quantitative estimate of drug-likeness (QED) is 0.331. The van der Waals surface area contributed by atoms with Crippen molar-refractivity contribution >= 4 is 34.3 Å². The summed E-state index contributed by atoms with van der Waals surface area (Å²) >= 11 is 6.27. The zero-order chi connectivity index (χ0) is 20.1. The summed E-state index contributed by atoms with van der Waals surface area (Å²) in [5, 5.41) is 2.91. The molecule has 0 saturated carbocycles. The van der Waals surface area contributed by atoms with Gasteiger partial charge in [0.2, 0.25) is 0 Å². The van der Waals surface area contributed by atoms with Crippen LogP contribution in [0.15, 0.2) is 89.9 Å². The molecular formula is C25H20ClNO2. The molecule has 0 aliphatic rings. The van der Waals surface area contributed by atoms with Gasteiger partial charge < -0.3 is 9.47 Å². The molecule has 0 unspecified atom stereocenters. The smallest absolute Gasteiger partial charge is 0.129 e. The average Bonchev–Trinajstić information content (AvgIpc) is 2.77.